The lowest BCUT2D eigenvalue weighted by atomic mass is 9.81. The van der Waals surface area contributed by atoms with Crippen molar-refractivity contribution in [2.45, 2.75) is 44.2 Å². The normalized spacial score (nSPS) is 26.7. The van der Waals surface area contributed by atoms with Crippen LogP contribution in [0.3, 0.4) is 0 Å². The van der Waals surface area contributed by atoms with Gasteiger partial charge in [-0.25, -0.2) is 4.39 Å². The molecule has 1 saturated carbocycles. The van der Waals surface area contributed by atoms with E-state index in [4.69, 9.17) is 4.74 Å². The Hall–Kier alpha value is -1.60. The fourth-order valence-corrected chi connectivity index (χ4v) is 2.75. The van der Waals surface area contributed by atoms with Crippen molar-refractivity contribution in [3.05, 3.63) is 29.6 Å². The van der Waals surface area contributed by atoms with Crippen molar-refractivity contribution in [1.82, 2.24) is 0 Å². The van der Waals surface area contributed by atoms with Gasteiger partial charge in [0.05, 0.1) is 12.2 Å². The first-order valence-corrected chi connectivity index (χ1v) is 6.56. The molecule has 1 N–H and O–H groups in total. The number of anilines is 1. The Morgan fingerprint density at radius 1 is 1.47 bits per heavy atom. The summed E-state index contributed by atoms with van der Waals surface area (Å²) in [6.45, 7) is 1.84. The van der Waals surface area contributed by atoms with E-state index < -0.39 is 5.54 Å². The molecule has 2 atom stereocenters. The number of halogens is 1. The van der Waals surface area contributed by atoms with Crippen LogP contribution in [0.2, 0.25) is 0 Å². The Labute approximate surface area is 113 Å². The molecule has 0 radical (unpaired) electrons. The third-order valence-corrected chi connectivity index (χ3v) is 3.68. The predicted molar refractivity (Wildman–Crippen MR) is 72.4 cm³/mol. The molecule has 0 amide bonds. The molecular weight excluding hydrogens is 243 g/mol. The van der Waals surface area contributed by atoms with Crippen molar-refractivity contribution in [3.63, 3.8) is 0 Å². The maximum absolute atomic E-state index is 13.4. The summed E-state index contributed by atoms with van der Waals surface area (Å²) in [4.78, 5) is 0. The summed E-state index contributed by atoms with van der Waals surface area (Å²) in [6.07, 6.45) is 3.40. The van der Waals surface area contributed by atoms with Gasteiger partial charge >= 0.3 is 0 Å². The van der Waals surface area contributed by atoms with E-state index in [9.17, 15) is 9.65 Å². The van der Waals surface area contributed by atoms with E-state index >= 15 is 0 Å². The van der Waals surface area contributed by atoms with Gasteiger partial charge in [-0.15, -0.1) is 0 Å². The molecule has 4 heteroatoms. The van der Waals surface area contributed by atoms with E-state index in [0.29, 0.717) is 12.1 Å². The van der Waals surface area contributed by atoms with Gasteiger partial charge in [-0.05, 0) is 49.9 Å². The van der Waals surface area contributed by atoms with Crippen LogP contribution in [-0.2, 0) is 4.74 Å². The van der Waals surface area contributed by atoms with Gasteiger partial charge in [-0.2, -0.15) is 5.26 Å². The lowest BCUT2D eigenvalue weighted by Gasteiger charge is -2.36. The first-order chi connectivity index (χ1) is 9.07. The molecule has 2 unspecified atom stereocenters. The fourth-order valence-electron chi connectivity index (χ4n) is 2.75. The van der Waals surface area contributed by atoms with Crippen LogP contribution >= 0.6 is 0 Å². The Morgan fingerprint density at radius 2 is 2.26 bits per heavy atom. The molecule has 3 nitrogen and oxygen atoms in total. The summed E-state index contributed by atoms with van der Waals surface area (Å²) in [5.41, 5.74) is 0.851. The SMILES string of the molecule is COC1CCCC(C#N)(Nc2cc(C)cc(F)c2)C1. The minimum Gasteiger partial charge on any atom is -0.381 e. The highest BCUT2D eigenvalue weighted by atomic mass is 19.1. The highest BCUT2D eigenvalue weighted by molar-refractivity contribution is 5.50. The zero-order valence-electron chi connectivity index (χ0n) is 11.4. The molecule has 1 aromatic carbocycles. The van der Waals surface area contributed by atoms with Crippen LogP contribution in [0.25, 0.3) is 0 Å². The Kier molecular flexibility index (Phi) is 4.06. The number of methoxy groups -OCH3 is 1. The molecule has 0 saturated heterocycles. The van der Waals surface area contributed by atoms with Crippen molar-refractivity contribution >= 4 is 5.69 Å². The van der Waals surface area contributed by atoms with Crippen LogP contribution in [0.15, 0.2) is 18.2 Å². The number of aryl methyl sites for hydroxylation is 1. The second-order valence-electron chi connectivity index (χ2n) is 5.29. The van der Waals surface area contributed by atoms with E-state index in [0.717, 1.165) is 24.8 Å². The summed E-state index contributed by atoms with van der Waals surface area (Å²) in [6, 6.07) is 7.12. The van der Waals surface area contributed by atoms with Crippen molar-refractivity contribution in [3.8, 4) is 6.07 Å². The third-order valence-electron chi connectivity index (χ3n) is 3.68. The lowest BCUT2D eigenvalue weighted by Crippen LogP contribution is -2.43. The monoisotopic (exact) mass is 262 g/mol. The van der Waals surface area contributed by atoms with Crippen LogP contribution in [0.4, 0.5) is 10.1 Å². The minimum absolute atomic E-state index is 0.0931. The summed E-state index contributed by atoms with van der Waals surface area (Å²) in [5.74, 6) is -0.283. The highest BCUT2D eigenvalue weighted by Gasteiger charge is 2.36. The molecule has 0 bridgehead atoms. The number of ether oxygens (including phenoxy) is 1. The summed E-state index contributed by atoms with van der Waals surface area (Å²) < 4.78 is 18.8. The number of hydrogen-bond acceptors (Lipinski definition) is 3. The van der Waals surface area contributed by atoms with Crippen molar-refractivity contribution in [2.24, 2.45) is 0 Å². The van der Waals surface area contributed by atoms with E-state index in [2.05, 4.69) is 11.4 Å². The molecule has 0 aromatic heterocycles. The van der Waals surface area contributed by atoms with Crippen LogP contribution < -0.4 is 5.32 Å². The topological polar surface area (TPSA) is 45.0 Å². The van der Waals surface area contributed by atoms with Gasteiger partial charge < -0.3 is 10.1 Å². The van der Waals surface area contributed by atoms with E-state index in [-0.39, 0.29) is 11.9 Å². The number of nitriles is 1. The van der Waals surface area contributed by atoms with E-state index in [1.807, 2.05) is 13.0 Å². The van der Waals surface area contributed by atoms with Gasteiger partial charge in [0, 0.05) is 19.2 Å². The van der Waals surface area contributed by atoms with Gasteiger partial charge in [-0.3, -0.25) is 0 Å². The average molecular weight is 262 g/mol. The first kappa shape index (κ1) is 13.8. The first-order valence-electron chi connectivity index (χ1n) is 6.56. The number of nitrogens with one attached hydrogen (secondary N) is 1. The van der Waals surface area contributed by atoms with Crippen LogP contribution in [0.5, 0.6) is 0 Å². The number of rotatable bonds is 3. The molecule has 19 heavy (non-hydrogen) atoms. The summed E-state index contributed by atoms with van der Waals surface area (Å²) in [5, 5.41) is 12.7. The maximum atomic E-state index is 13.4. The molecule has 1 aliphatic carbocycles. The highest BCUT2D eigenvalue weighted by Crippen LogP contribution is 2.33. The average Bonchev–Trinajstić information content (AvgIpc) is 2.37. The van der Waals surface area contributed by atoms with Crippen molar-refractivity contribution in [2.75, 3.05) is 12.4 Å². The molecule has 102 valence electrons. The largest absolute Gasteiger partial charge is 0.381 e. The van der Waals surface area contributed by atoms with Crippen LogP contribution in [0, 0.1) is 24.1 Å². The molecule has 2 rings (SSSR count). The Bertz CT molecular complexity index is 477. The smallest absolute Gasteiger partial charge is 0.127 e. The summed E-state index contributed by atoms with van der Waals surface area (Å²) in [7, 11) is 1.67. The second-order valence-corrected chi connectivity index (χ2v) is 5.29. The van der Waals surface area contributed by atoms with Crippen molar-refractivity contribution in [1.29, 1.82) is 5.26 Å². The quantitative estimate of drug-likeness (QED) is 0.908. The maximum Gasteiger partial charge on any atom is 0.127 e. The molecule has 0 heterocycles. The zero-order valence-corrected chi connectivity index (χ0v) is 11.4. The number of nitrogens with zero attached hydrogens (tertiary/aromatic N) is 1. The van der Waals surface area contributed by atoms with Gasteiger partial charge in [0.2, 0.25) is 0 Å². The predicted octanol–water partition coefficient (Wildman–Crippen LogP) is 3.40. The number of benzene rings is 1. The number of hydrogen-bond donors (Lipinski definition) is 1. The molecule has 0 aliphatic heterocycles. The van der Waals surface area contributed by atoms with E-state index in [1.54, 1.807) is 7.11 Å². The summed E-state index contributed by atoms with van der Waals surface area (Å²) >= 11 is 0. The van der Waals surface area contributed by atoms with Crippen LogP contribution in [0.1, 0.15) is 31.2 Å². The fraction of sp³-hybridized carbons (Fsp3) is 0.533. The molecule has 1 aliphatic rings. The van der Waals surface area contributed by atoms with Gasteiger partial charge in [0.15, 0.2) is 0 Å². The van der Waals surface area contributed by atoms with Crippen molar-refractivity contribution < 1.29 is 9.13 Å². The molecule has 0 spiro atoms. The standard InChI is InChI=1S/C15H19FN2O/c1-11-6-12(16)8-13(7-11)18-15(10-17)5-3-4-14(9-15)19-2/h6-8,14,18H,3-5,9H2,1-2H3. The molecule has 1 fully saturated rings. The molecular formula is C15H19FN2O. The Morgan fingerprint density at radius 3 is 2.89 bits per heavy atom. The Balaban J connectivity index is 2.20. The second kappa shape index (κ2) is 5.58. The molecule has 1 aromatic rings. The lowest BCUT2D eigenvalue weighted by molar-refractivity contribution is 0.0569. The van der Waals surface area contributed by atoms with Gasteiger partial charge in [-0.1, -0.05) is 0 Å². The van der Waals surface area contributed by atoms with Gasteiger partial charge in [0.25, 0.3) is 0 Å². The van der Waals surface area contributed by atoms with Gasteiger partial charge in [0.1, 0.15) is 11.4 Å². The zero-order chi connectivity index (χ0) is 13.9. The third kappa shape index (κ3) is 3.24. The van der Waals surface area contributed by atoms with E-state index in [1.165, 1.54) is 12.1 Å². The minimum atomic E-state index is -0.654. The van der Waals surface area contributed by atoms with Crippen LogP contribution in [-0.4, -0.2) is 18.8 Å².